The van der Waals surface area contributed by atoms with Crippen LogP contribution >= 0.6 is 11.6 Å². The zero-order valence-electron chi connectivity index (χ0n) is 15.1. The summed E-state index contributed by atoms with van der Waals surface area (Å²) in [6.07, 6.45) is 0.976. The number of nitrogens with one attached hydrogen (secondary N) is 1. The van der Waals surface area contributed by atoms with Gasteiger partial charge in [0.1, 0.15) is 5.69 Å². The first kappa shape index (κ1) is 17.8. The van der Waals surface area contributed by atoms with E-state index in [1.54, 1.807) is 18.2 Å². The first-order chi connectivity index (χ1) is 12.9. The van der Waals surface area contributed by atoms with E-state index in [0.717, 1.165) is 25.1 Å². The van der Waals surface area contributed by atoms with E-state index < -0.39 is 5.97 Å². The SMILES string of the molecule is CC(=O)Oc1c(C(=O)c2ccc3c(c2)CN(C)CC3)[nH]c2cc(Cl)ccc12. The van der Waals surface area contributed by atoms with Gasteiger partial charge in [-0.05, 0) is 48.9 Å². The maximum Gasteiger partial charge on any atom is 0.308 e. The summed E-state index contributed by atoms with van der Waals surface area (Å²) in [5.41, 5.74) is 3.90. The molecule has 1 aromatic heterocycles. The monoisotopic (exact) mass is 382 g/mol. The number of halogens is 1. The van der Waals surface area contributed by atoms with Crippen LogP contribution in [0.5, 0.6) is 5.75 Å². The fourth-order valence-corrected chi connectivity index (χ4v) is 3.71. The number of aromatic amines is 1. The molecule has 0 atom stereocenters. The summed E-state index contributed by atoms with van der Waals surface area (Å²) >= 11 is 6.06. The molecule has 0 bridgehead atoms. The van der Waals surface area contributed by atoms with Gasteiger partial charge in [0.15, 0.2) is 5.75 Å². The standard InChI is InChI=1S/C21H19ClN2O3/c1-12(25)27-21-17-6-5-16(22)10-18(17)23-19(21)20(26)14-4-3-13-7-8-24(2)11-15(13)9-14/h3-6,9-10,23H,7-8,11H2,1-2H3. The molecule has 3 aromatic rings. The lowest BCUT2D eigenvalue weighted by atomic mass is 9.95. The summed E-state index contributed by atoms with van der Waals surface area (Å²) in [7, 11) is 2.07. The van der Waals surface area contributed by atoms with Gasteiger partial charge in [-0.15, -0.1) is 0 Å². The molecule has 0 aliphatic carbocycles. The highest BCUT2D eigenvalue weighted by Crippen LogP contribution is 2.34. The Morgan fingerprint density at radius 3 is 2.74 bits per heavy atom. The third-order valence-electron chi connectivity index (χ3n) is 4.86. The van der Waals surface area contributed by atoms with Gasteiger partial charge >= 0.3 is 5.97 Å². The molecular weight excluding hydrogens is 364 g/mol. The minimum atomic E-state index is -0.480. The summed E-state index contributed by atoms with van der Waals surface area (Å²) in [5, 5.41) is 1.18. The summed E-state index contributed by atoms with van der Waals surface area (Å²) < 4.78 is 5.37. The van der Waals surface area contributed by atoms with Crippen LogP contribution in [0.1, 0.15) is 34.1 Å². The van der Waals surface area contributed by atoms with Gasteiger partial charge < -0.3 is 14.6 Å². The highest BCUT2D eigenvalue weighted by atomic mass is 35.5. The second-order valence-corrected chi connectivity index (χ2v) is 7.35. The molecule has 27 heavy (non-hydrogen) atoms. The normalized spacial score (nSPS) is 14.2. The van der Waals surface area contributed by atoms with Crippen LogP contribution in [0.4, 0.5) is 0 Å². The molecule has 1 aliphatic heterocycles. The van der Waals surface area contributed by atoms with Crippen LogP contribution in [0.2, 0.25) is 5.02 Å². The largest absolute Gasteiger partial charge is 0.424 e. The topological polar surface area (TPSA) is 62.4 Å². The van der Waals surface area contributed by atoms with Crippen molar-refractivity contribution in [3.8, 4) is 5.75 Å². The number of carbonyl (C=O) groups is 2. The molecule has 0 radical (unpaired) electrons. The van der Waals surface area contributed by atoms with Crippen molar-refractivity contribution in [3.05, 3.63) is 63.8 Å². The Kier molecular flexibility index (Phi) is 4.50. The van der Waals surface area contributed by atoms with Crippen LogP contribution in [0, 0.1) is 0 Å². The van der Waals surface area contributed by atoms with Gasteiger partial charge in [0.05, 0.1) is 5.52 Å². The van der Waals surface area contributed by atoms with Crippen LogP contribution < -0.4 is 4.74 Å². The number of ketones is 1. The Bertz CT molecular complexity index is 1070. The number of likely N-dealkylation sites (N-methyl/N-ethyl adjacent to an activating group) is 1. The van der Waals surface area contributed by atoms with Gasteiger partial charge in [0.25, 0.3) is 0 Å². The third kappa shape index (κ3) is 3.36. The Balaban J connectivity index is 1.80. The molecule has 5 nitrogen and oxygen atoms in total. The predicted molar refractivity (Wildman–Crippen MR) is 105 cm³/mol. The Hall–Kier alpha value is -2.63. The molecule has 0 fully saturated rings. The van der Waals surface area contributed by atoms with E-state index in [-0.39, 0.29) is 17.2 Å². The van der Waals surface area contributed by atoms with Gasteiger partial charge in [0, 0.05) is 36.0 Å². The average Bonchev–Trinajstić information content (AvgIpc) is 2.97. The summed E-state index contributed by atoms with van der Waals surface area (Å²) in [6, 6.07) is 10.9. The minimum absolute atomic E-state index is 0.213. The summed E-state index contributed by atoms with van der Waals surface area (Å²) in [4.78, 5) is 30.1. The number of ether oxygens (including phenoxy) is 1. The second kappa shape index (κ2) is 6.83. The second-order valence-electron chi connectivity index (χ2n) is 6.91. The van der Waals surface area contributed by atoms with E-state index in [2.05, 4.69) is 16.9 Å². The molecule has 138 valence electrons. The number of aromatic nitrogens is 1. The van der Waals surface area contributed by atoms with E-state index >= 15 is 0 Å². The summed E-state index contributed by atoms with van der Waals surface area (Å²) in [5.74, 6) is -0.449. The lowest BCUT2D eigenvalue weighted by molar-refractivity contribution is -0.131. The van der Waals surface area contributed by atoms with Crippen molar-refractivity contribution in [1.82, 2.24) is 9.88 Å². The van der Waals surface area contributed by atoms with Gasteiger partial charge in [-0.3, -0.25) is 9.59 Å². The number of fused-ring (bicyclic) bond motifs is 2. The molecular formula is C21H19ClN2O3. The number of rotatable bonds is 3. The number of hydrogen-bond donors (Lipinski definition) is 1. The maximum absolute atomic E-state index is 13.2. The number of H-pyrrole nitrogens is 1. The Labute approximate surface area is 161 Å². The number of carbonyl (C=O) groups excluding carboxylic acids is 2. The number of benzene rings is 2. The van der Waals surface area contributed by atoms with Gasteiger partial charge in [-0.25, -0.2) is 0 Å². The van der Waals surface area contributed by atoms with Crippen LogP contribution in [-0.4, -0.2) is 35.2 Å². The number of hydrogen-bond acceptors (Lipinski definition) is 4. The maximum atomic E-state index is 13.2. The number of nitrogens with zero attached hydrogens (tertiary/aromatic N) is 1. The Morgan fingerprint density at radius 2 is 1.96 bits per heavy atom. The predicted octanol–water partition coefficient (Wildman–Crippen LogP) is 3.97. The molecule has 0 saturated carbocycles. The molecule has 1 aliphatic rings. The van der Waals surface area contributed by atoms with Crippen molar-refractivity contribution in [2.45, 2.75) is 19.9 Å². The van der Waals surface area contributed by atoms with Gasteiger partial charge in [-0.1, -0.05) is 23.7 Å². The zero-order chi connectivity index (χ0) is 19.1. The van der Waals surface area contributed by atoms with Crippen molar-refractivity contribution >= 4 is 34.3 Å². The third-order valence-corrected chi connectivity index (χ3v) is 5.09. The zero-order valence-corrected chi connectivity index (χ0v) is 15.9. The average molecular weight is 383 g/mol. The van der Waals surface area contributed by atoms with Crippen molar-refractivity contribution in [2.24, 2.45) is 0 Å². The molecule has 0 unspecified atom stereocenters. The van der Waals surface area contributed by atoms with Crippen LogP contribution in [0.25, 0.3) is 10.9 Å². The molecule has 2 aromatic carbocycles. The molecule has 0 saturated heterocycles. The fraction of sp³-hybridized carbons (Fsp3) is 0.238. The van der Waals surface area contributed by atoms with E-state index in [1.807, 2.05) is 18.2 Å². The first-order valence-corrected chi connectivity index (χ1v) is 9.15. The Morgan fingerprint density at radius 1 is 1.15 bits per heavy atom. The van der Waals surface area contributed by atoms with Gasteiger partial charge in [-0.2, -0.15) is 0 Å². The molecule has 0 amide bonds. The van der Waals surface area contributed by atoms with Crippen molar-refractivity contribution < 1.29 is 14.3 Å². The quantitative estimate of drug-likeness (QED) is 0.550. The van der Waals surface area contributed by atoms with Crippen molar-refractivity contribution in [1.29, 1.82) is 0 Å². The van der Waals surface area contributed by atoms with E-state index in [1.165, 1.54) is 12.5 Å². The van der Waals surface area contributed by atoms with E-state index in [0.29, 0.717) is 21.5 Å². The highest BCUT2D eigenvalue weighted by molar-refractivity contribution is 6.31. The van der Waals surface area contributed by atoms with E-state index in [9.17, 15) is 9.59 Å². The lowest BCUT2D eigenvalue weighted by Crippen LogP contribution is -2.26. The fourth-order valence-electron chi connectivity index (χ4n) is 3.54. The van der Waals surface area contributed by atoms with Crippen LogP contribution in [-0.2, 0) is 17.8 Å². The van der Waals surface area contributed by atoms with Crippen LogP contribution in [0.3, 0.4) is 0 Å². The molecule has 2 heterocycles. The highest BCUT2D eigenvalue weighted by Gasteiger charge is 2.23. The number of esters is 1. The van der Waals surface area contributed by atoms with Crippen molar-refractivity contribution in [3.63, 3.8) is 0 Å². The minimum Gasteiger partial charge on any atom is -0.424 e. The lowest BCUT2D eigenvalue weighted by Gasteiger charge is -2.25. The summed E-state index contributed by atoms with van der Waals surface area (Å²) in [6.45, 7) is 3.15. The van der Waals surface area contributed by atoms with E-state index in [4.69, 9.17) is 16.3 Å². The molecule has 0 spiro atoms. The molecule has 4 rings (SSSR count). The van der Waals surface area contributed by atoms with Gasteiger partial charge in [0.2, 0.25) is 5.78 Å². The van der Waals surface area contributed by atoms with Crippen LogP contribution in [0.15, 0.2) is 36.4 Å². The molecule has 6 heteroatoms. The molecule has 1 N–H and O–H groups in total. The smallest absolute Gasteiger partial charge is 0.308 e. The first-order valence-electron chi connectivity index (χ1n) is 8.77. The van der Waals surface area contributed by atoms with Crippen molar-refractivity contribution in [2.75, 3.05) is 13.6 Å².